The van der Waals surface area contributed by atoms with Gasteiger partial charge in [0.2, 0.25) is 0 Å². The average Bonchev–Trinajstić information content (AvgIpc) is 2.61. The second-order valence-corrected chi connectivity index (χ2v) is 2.85. The maximum Gasteiger partial charge on any atom is 0.434 e. The summed E-state index contributed by atoms with van der Waals surface area (Å²) in [5.74, 6) is -1.34. The van der Waals surface area contributed by atoms with Gasteiger partial charge in [-0.25, -0.2) is 4.79 Å². The minimum Gasteiger partial charge on any atom is -0.462 e. The van der Waals surface area contributed by atoms with Crippen molar-refractivity contribution in [2.45, 2.75) is 19.6 Å². The first-order valence-corrected chi connectivity index (χ1v) is 4.39. The zero-order chi connectivity index (χ0) is 13.2. The van der Waals surface area contributed by atoms with Crippen LogP contribution in [-0.2, 0) is 10.9 Å². The van der Waals surface area contributed by atoms with E-state index in [9.17, 15) is 26.7 Å². The highest BCUT2D eigenvalue weighted by Gasteiger charge is 2.42. The van der Waals surface area contributed by atoms with Crippen molar-refractivity contribution in [3.63, 3.8) is 0 Å². The molecule has 0 radical (unpaired) electrons. The molecule has 1 aromatic heterocycles. The second kappa shape index (κ2) is 4.68. The topological polar surface area (TPSA) is 44.1 Å². The Kier molecular flexibility index (Phi) is 3.69. The zero-order valence-electron chi connectivity index (χ0n) is 8.46. The summed E-state index contributed by atoms with van der Waals surface area (Å²) in [7, 11) is 0. The van der Waals surface area contributed by atoms with Gasteiger partial charge in [0.25, 0.3) is 0 Å². The van der Waals surface area contributed by atoms with Gasteiger partial charge in [-0.2, -0.15) is 31.7 Å². The molecule has 0 saturated carbocycles. The highest BCUT2D eigenvalue weighted by atomic mass is 19.4. The molecule has 96 valence electrons. The van der Waals surface area contributed by atoms with Gasteiger partial charge in [0.15, 0.2) is 5.69 Å². The van der Waals surface area contributed by atoms with Crippen LogP contribution in [0.5, 0.6) is 0 Å². The van der Waals surface area contributed by atoms with E-state index in [1.807, 2.05) is 0 Å². The number of carbonyl (C=O) groups excluding carboxylic acids is 1. The first-order chi connectivity index (χ1) is 7.79. The normalized spacial score (nSPS) is 11.9. The molecule has 0 unspecified atom stereocenters. The van der Waals surface area contributed by atoms with E-state index >= 15 is 0 Å². The summed E-state index contributed by atoms with van der Waals surface area (Å²) in [4.78, 5) is 11.1. The standard InChI is InChI=1S/C8H7F5N2O2/c1-2-17-6(16)4-3-14-15(7(9)10)5(4)8(11,12)13/h3,7H,2H2,1H3. The number of esters is 1. The SMILES string of the molecule is CCOC(=O)c1cnn(C(F)F)c1C(F)(F)F. The van der Waals surface area contributed by atoms with Gasteiger partial charge in [-0.15, -0.1) is 0 Å². The maximum atomic E-state index is 12.5. The molecule has 17 heavy (non-hydrogen) atoms. The predicted molar refractivity (Wildman–Crippen MR) is 44.4 cm³/mol. The Balaban J connectivity index is 3.28. The molecule has 0 aromatic carbocycles. The fraction of sp³-hybridized carbons (Fsp3) is 0.500. The molecule has 0 amide bonds. The minimum absolute atomic E-state index is 0.171. The Hall–Kier alpha value is -1.67. The number of alkyl halides is 5. The average molecular weight is 258 g/mol. The van der Waals surface area contributed by atoms with E-state index in [4.69, 9.17) is 0 Å². The molecule has 0 bridgehead atoms. The van der Waals surface area contributed by atoms with E-state index in [0.29, 0.717) is 6.20 Å². The maximum absolute atomic E-state index is 12.5. The first kappa shape index (κ1) is 13.4. The van der Waals surface area contributed by atoms with Crippen LogP contribution in [0, 0.1) is 0 Å². The lowest BCUT2D eigenvalue weighted by Gasteiger charge is -2.11. The molecule has 0 atom stereocenters. The smallest absolute Gasteiger partial charge is 0.434 e. The Labute approximate surface area is 92.0 Å². The van der Waals surface area contributed by atoms with Gasteiger partial charge in [0.1, 0.15) is 5.56 Å². The molecule has 0 saturated heterocycles. The quantitative estimate of drug-likeness (QED) is 0.618. The Bertz CT molecular complexity index is 413. The number of carbonyl (C=O) groups is 1. The molecular formula is C8H7F5N2O2. The highest BCUT2D eigenvalue weighted by Crippen LogP contribution is 2.34. The van der Waals surface area contributed by atoms with Gasteiger partial charge in [-0.1, -0.05) is 0 Å². The molecule has 0 aliphatic heterocycles. The monoisotopic (exact) mass is 258 g/mol. The van der Waals surface area contributed by atoms with E-state index in [-0.39, 0.29) is 6.61 Å². The number of nitrogens with zero attached hydrogens (tertiary/aromatic N) is 2. The highest BCUT2D eigenvalue weighted by molar-refractivity contribution is 5.90. The van der Waals surface area contributed by atoms with Crippen molar-refractivity contribution in [3.8, 4) is 0 Å². The third kappa shape index (κ3) is 2.71. The van der Waals surface area contributed by atoms with Gasteiger partial charge in [-0.3, -0.25) is 0 Å². The van der Waals surface area contributed by atoms with Gasteiger partial charge in [-0.05, 0) is 6.92 Å². The fourth-order valence-electron chi connectivity index (χ4n) is 1.15. The Morgan fingerprint density at radius 3 is 2.53 bits per heavy atom. The van der Waals surface area contributed by atoms with Gasteiger partial charge >= 0.3 is 18.7 Å². The van der Waals surface area contributed by atoms with Crippen LogP contribution < -0.4 is 0 Å². The molecule has 1 aromatic rings. The first-order valence-electron chi connectivity index (χ1n) is 4.39. The second-order valence-electron chi connectivity index (χ2n) is 2.85. The van der Waals surface area contributed by atoms with Crippen molar-refractivity contribution in [1.82, 2.24) is 9.78 Å². The summed E-state index contributed by atoms with van der Waals surface area (Å²) < 4.78 is 65.8. The van der Waals surface area contributed by atoms with E-state index in [1.54, 1.807) is 0 Å². The van der Waals surface area contributed by atoms with Crippen LogP contribution >= 0.6 is 0 Å². The number of hydrogen-bond acceptors (Lipinski definition) is 3. The van der Waals surface area contributed by atoms with Crippen LogP contribution in [0.4, 0.5) is 22.0 Å². The molecule has 0 fully saturated rings. The van der Waals surface area contributed by atoms with Crippen LogP contribution in [0.3, 0.4) is 0 Å². The summed E-state index contributed by atoms with van der Waals surface area (Å²) in [6, 6.07) is 0. The summed E-state index contributed by atoms with van der Waals surface area (Å²) in [5, 5.41) is 2.83. The molecule has 4 nitrogen and oxygen atoms in total. The Morgan fingerprint density at radius 1 is 1.53 bits per heavy atom. The van der Waals surface area contributed by atoms with E-state index in [1.165, 1.54) is 6.92 Å². The van der Waals surface area contributed by atoms with Gasteiger partial charge in [0.05, 0.1) is 12.8 Å². The summed E-state index contributed by atoms with van der Waals surface area (Å²) in [6.07, 6.45) is -4.71. The number of halogens is 5. The number of ether oxygens (including phenoxy) is 1. The summed E-state index contributed by atoms with van der Waals surface area (Å²) in [6.45, 7) is -2.28. The molecule has 0 aliphatic rings. The van der Waals surface area contributed by atoms with Crippen molar-refractivity contribution in [2.24, 2.45) is 0 Å². The van der Waals surface area contributed by atoms with Crippen molar-refractivity contribution >= 4 is 5.97 Å². The van der Waals surface area contributed by atoms with Crippen LogP contribution in [0.25, 0.3) is 0 Å². The molecule has 1 rings (SSSR count). The summed E-state index contributed by atoms with van der Waals surface area (Å²) >= 11 is 0. The predicted octanol–water partition coefficient (Wildman–Crippen LogP) is 2.47. The fourth-order valence-corrected chi connectivity index (χ4v) is 1.15. The van der Waals surface area contributed by atoms with Crippen LogP contribution in [0.1, 0.15) is 29.5 Å². The molecule has 0 aliphatic carbocycles. The van der Waals surface area contributed by atoms with Gasteiger partial charge < -0.3 is 4.74 Å². The molecule has 0 spiro atoms. The minimum atomic E-state index is -5.12. The largest absolute Gasteiger partial charge is 0.462 e. The van der Waals surface area contributed by atoms with Crippen LogP contribution in [0.15, 0.2) is 6.20 Å². The number of hydrogen-bond donors (Lipinski definition) is 0. The lowest BCUT2D eigenvalue weighted by atomic mass is 10.2. The third-order valence-electron chi connectivity index (χ3n) is 1.74. The van der Waals surface area contributed by atoms with E-state index in [0.717, 1.165) is 0 Å². The van der Waals surface area contributed by atoms with Crippen molar-refractivity contribution in [2.75, 3.05) is 6.61 Å². The zero-order valence-corrected chi connectivity index (χ0v) is 8.46. The lowest BCUT2D eigenvalue weighted by Crippen LogP contribution is -2.19. The molecule has 1 heterocycles. The van der Waals surface area contributed by atoms with Crippen molar-refractivity contribution in [1.29, 1.82) is 0 Å². The molecular weight excluding hydrogens is 251 g/mol. The summed E-state index contributed by atoms with van der Waals surface area (Å²) in [5.41, 5.74) is -2.84. The number of rotatable bonds is 3. The third-order valence-corrected chi connectivity index (χ3v) is 1.74. The van der Waals surface area contributed by atoms with E-state index in [2.05, 4.69) is 9.84 Å². The van der Waals surface area contributed by atoms with Crippen LogP contribution in [0.2, 0.25) is 0 Å². The molecule has 0 N–H and O–H groups in total. The van der Waals surface area contributed by atoms with Crippen molar-refractivity contribution < 1.29 is 31.5 Å². The number of aromatic nitrogens is 2. The van der Waals surface area contributed by atoms with Gasteiger partial charge in [0, 0.05) is 0 Å². The van der Waals surface area contributed by atoms with Crippen LogP contribution in [-0.4, -0.2) is 22.4 Å². The van der Waals surface area contributed by atoms with E-state index < -0.39 is 34.6 Å². The molecule has 9 heteroatoms. The van der Waals surface area contributed by atoms with Crippen molar-refractivity contribution in [3.05, 3.63) is 17.5 Å². The Morgan fingerprint density at radius 2 is 2.12 bits per heavy atom. The lowest BCUT2D eigenvalue weighted by molar-refractivity contribution is -0.150.